The van der Waals surface area contributed by atoms with Crippen molar-refractivity contribution in [1.82, 2.24) is 30.2 Å². The molecule has 0 N–H and O–H groups in total. The summed E-state index contributed by atoms with van der Waals surface area (Å²) in [4.78, 5) is 4.27. The number of rotatable bonds is 5. The molecule has 7 nitrogen and oxygen atoms in total. The second kappa shape index (κ2) is 7.20. The van der Waals surface area contributed by atoms with Crippen LogP contribution in [0.1, 0.15) is 18.0 Å². The van der Waals surface area contributed by atoms with Gasteiger partial charge in [-0.25, -0.2) is 4.68 Å². The molecule has 0 atom stereocenters. The van der Waals surface area contributed by atoms with Crippen molar-refractivity contribution in [2.75, 3.05) is 0 Å². The number of hydrogen-bond donors (Lipinski definition) is 0. The molecular weight excluding hydrogens is 378 g/mol. The summed E-state index contributed by atoms with van der Waals surface area (Å²) in [6.07, 6.45) is -1.35. The number of halogens is 3. The number of benzene rings is 1. The second-order valence-electron chi connectivity index (χ2n) is 5.54. The predicted molar refractivity (Wildman–Crippen MR) is 92.1 cm³/mol. The third kappa shape index (κ3) is 3.54. The minimum Gasteiger partial charge on any atom is -0.415 e. The van der Waals surface area contributed by atoms with Gasteiger partial charge in [0.15, 0.2) is 5.15 Å². The fourth-order valence-electron chi connectivity index (χ4n) is 2.41. The molecule has 136 valence electrons. The lowest BCUT2D eigenvalue weighted by Crippen LogP contribution is -2.04. The Morgan fingerprint density at radius 1 is 1.00 bits per heavy atom. The molecule has 1 aromatic carbocycles. The minimum atomic E-state index is -2.81. The molecule has 0 amide bonds. The van der Waals surface area contributed by atoms with Crippen molar-refractivity contribution in [3.63, 3.8) is 0 Å². The summed E-state index contributed by atoms with van der Waals surface area (Å²) in [5.74, 6) is -0.744. The highest BCUT2D eigenvalue weighted by molar-refractivity contribution is 6.32. The molecule has 3 aromatic heterocycles. The van der Waals surface area contributed by atoms with Crippen molar-refractivity contribution in [3.05, 3.63) is 65.4 Å². The van der Waals surface area contributed by atoms with Gasteiger partial charge in [-0.05, 0) is 12.1 Å². The topological polar surface area (TPSA) is 82.5 Å². The van der Waals surface area contributed by atoms with Gasteiger partial charge in [-0.3, -0.25) is 4.98 Å². The molecule has 0 aliphatic carbocycles. The average molecular weight is 389 g/mol. The Balaban J connectivity index is 1.53. The summed E-state index contributed by atoms with van der Waals surface area (Å²) >= 11 is 6.37. The molecular formula is C17H11ClF2N6O. The van der Waals surface area contributed by atoms with E-state index in [2.05, 4.69) is 25.5 Å². The molecule has 0 aliphatic heterocycles. The zero-order chi connectivity index (χ0) is 18.8. The van der Waals surface area contributed by atoms with E-state index in [0.29, 0.717) is 28.6 Å². The molecule has 3 heterocycles. The second-order valence-corrected chi connectivity index (χ2v) is 5.89. The average Bonchev–Trinajstić information content (AvgIpc) is 3.31. The molecule has 0 saturated heterocycles. The smallest absolute Gasteiger partial charge is 0.314 e. The van der Waals surface area contributed by atoms with Crippen molar-refractivity contribution >= 4 is 11.6 Å². The van der Waals surface area contributed by atoms with Crippen LogP contribution < -0.4 is 0 Å². The van der Waals surface area contributed by atoms with Gasteiger partial charge >= 0.3 is 6.43 Å². The maximum Gasteiger partial charge on any atom is 0.314 e. The molecule has 4 rings (SSSR count). The molecule has 0 spiro atoms. The van der Waals surface area contributed by atoms with Gasteiger partial charge in [0.1, 0.15) is 5.69 Å². The third-order valence-electron chi connectivity index (χ3n) is 3.73. The Bertz CT molecular complexity index is 1050. The number of nitrogens with zero attached hydrogens (tertiary/aromatic N) is 6. The van der Waals surface area contributed by atoms with Crippen molar-refractivity contribution in [1.29, 1.82) is 0 Å². The van der Waals surface area contributed by atoms with Gasteiger partial charge in [0.25, 0.3) is 5.89 Å². The molecule has 0 bridgehead atoms. The first-order chi connectivity index (χ1) is 13.1. The molecule has 0 saturated carbocycles. The molecule has 0 unspecified atom stereocenters. The summed E-state index contributed by atoms with van der Waals surface area (Å²) in [6, 6.07) is 12.8. The minimum absolute atomic E-state index is 0.0190. The van der Waals surface area contributed by atoms with Crippen LogP contribution in [0.3, 0.4) is 0 Å². The van der Waals surface area contributed by atoms with Gasteiger partial charge in [-0.1, -0.05) is 47.1 Å². The van der Waals surface area contributed by atoms with E-state index >= 15 is 0 Å². The quantitative estimate of drug-likeness (QED) is 0.513. The van der Waals surface area contributed by atoms with Crippen LogP contribution in [0.15, 0.2) is 53.1 Å². The Morgan fingerprint density at radius 3 is 2.48 bits per heavy atom. The Hall–Kier alpha value is -3.20. The number of hydrogen-bond acceptors (Lipinski definition) is 6. The van der Waals surface area contributed by atoms with E-state index < -0.39 is 12.3 Å². The van der Waals surface area contributed by atoms with Crippen molar-refractivity contribution in [3.8, 4) is 22.7 Å². The number of alkyl halides is 2. The van der Waals surface area contributed by atoms with E-state index in [9.17, 15) is 8.78 Å². The maximum absolute atomic E-state index is 12.5. The Morgan fingerprint density at radius 2 is 1.81 bits per heavy atom. The van der Waals surface area contributed by atoms with E-state index in [1.165, 1.54) is 10.9 Å². The SMILES string of the molecule is FC(F)c1nnc(-c2ccc(Cn3nnc(-c4ccccc4)c3Cl)nc2)o1. The number of aromatic nitrogens is 6. The van der Waals surface area contributed by atoms with Crippen LogP contribution in [-0.2, 0) is 6.54 Å². The molecule has 10 heteroatoms. The largest absolute Gasteiger partial charge is 0.415 e. The van der Waals surface area contributed by atoms with Crippen molar-refractivity contribution in [2.45, 2.75) is 13.0 Å². The lowest BCUT2D eigenvalue weighted by atomic mass is 10.2. The van der Waals surface area contributed by atoms with E-state index in [0.717, 1.165) is 5.56 Å². The van der Waals surface area contributed by atoms with Gasteiger partial charge in [0.05, 0.1) is 17.8 Å². The van der Waals surface area contributed by atoms with Gasteiger partial charge in [0.2, 0.25) is 5.89 Å². The van der Waals surface area contributed by atoms with Gasteiger partial charge in [-0.15, -0.1) is 15.3 Å². The van der Waals surface area contributed by atoms with E-state index in [1.807, 2.05) is 30.3 Å². The first-order valence-electron chi connectivity index (χ1n) is 7.83. The highest BCUT2D eigenvalue weighted by Gasteiger charge is 2.17. The molecule has 4 aromatic rings. The normalized spacial score (nSPS) is 11.3. The maximum atomic E-state index is 12.5. The Labute approximate surface area is 156 Å². The van der Waals surface area contributed by atoms with Crippen molar-refractivity contribution < 1.29 is 13.2 Å². The van der Waals surface area contributed by atoms with Crippen LogP contribution in [0.4, 0.5) is 8.78 Å². The predicted octanol–water partition coefficient (Wildman–Crippen LogP) is 4.03. The molecule has 0 aliphatic rings. The van der Waals surface area contributed by atoms with Crippen LogP contribution in [-0.4, -0.2) is 30.2 Å². The standard InChI is InChI=1S/C17H11ClF2N6O/c18-14-13(10-4-2-1-3-5-10)22-25-26(14)9-12-7-6-11(8-21-12)16-23-24-17(27-16)15(19)20/h1-8,15H,9H2. The zero-order valence-corrected chi connectivity index (χ0v) is 14.4. The first-order valence-corrected chi connectivity index (χ1v) is 8.21. The summed E-state index contributed by atoms with van der Waals surface area (Å²) in [7, 11) is 0. The number of pyridine rings is 1. The first kappa shape index (κ1) is 17.2. The van der Waals surface area contributed by atoms with Crippen LogP contribution in [0, 0.1) is 0 Å². The monoisotopic (exact) mass is 388 g/mol. The van der Waals surface area contributed by atoms with Crippen LogP contribution in [0.2, 0.25) is 5.15 Å². The molecule has 0 fully saturated rings. The highest BCUT2D eigenvalue weighted by Crippen LogP contribution is 2.26. The fourth-order valence-corrected chi connectivity index (χ4v) is 2.65. The summed E-state index contributed by atoms with van der Waals surface area (Å²) in [6.45, 7) is 0.297. The van der Waals surface area contributed by atoms with Crippen LogP contribution in [0.25, 0.3) is 22.7 Å². The van der Waals surface area contributed by atoms with Gasteiger partial charge < -0.3 is 4.42 Å². The Kier molecular flexibility index (Phi) is 4.59. The zero-order valence-electron chi connectivity index (χ0n) is 13.6. The van der Waals surface area contributed by atoms with Gasteiger partial charge in [0, 0.05) is 11.8 Å². The summed E-state index contributed by atoms with van der Waals surface area (Å²) in [5, 5.41) is 15.4. The lowest BCUT2D eigenvalue weighted by Gasteiger charge is -2.03. The van der Waals surface area contributed by atoms with Crippen molar-refractivity contribution in [2.24, 2.45) is 0 Å². The van der Waals surface area contributed by atoms with Crippen LogP contribution in [0.5, 0.6) is 0 Å². The van der Waals surface area contributed by atoms with E-state index in [4.69, 9.17) is 16.0 Å². The van der Waals surface area contributed by atoms with Crippen LogP contribution >= 0.6 is 11.6 Å². The highest BCUT2D eigenvalue weighted by atomic mass is 35.5. The molecule has 0 radical (unpaired) electrons. The van der Waals surface area contributed by atoms with E-state index in [1.54, 1.807) is 12.1 Å². The fraction of sp³-hybridized carbons (Fsp3) is 0.118. The van der Waals surface area contributed by atoms with E-state index in [-0.39, 0.29) is 5.89 Å². The summed E-state index contributed by atoms with van der Waals surface area (Å²) < 4.78 is 31.5. The lowest BCUT2D eigenvalue weighted by molar-refractivity contribution is 0.116. The summed E-state index contributed by atoms with van der Waals surface area (Å²) in [5.41, 5.74) is 2.54. The molecule has 27 heavy (non-hydrogen) atoms. The van der Waals surface area contributed by atoms with Gasteiger partial charge in [-0.2, -0.15) is 8.78 Å². The third-order valence-corrected chi connectivity index (χ3v) is 4.11.